The zero-order valence-corrected chi connectivity index (χ0v) is 18.3. The summed E-state index contributed by atoms with van der Waals surface area (Å²) in [6.45, 7) is 9.10. The molecule has 3 heterocycles. The fourth-order valence-corrected chi connectivity index (χ4v) is 5.36. The van der Waals surface area contributed by atoms with Gasteiger partial charge in [0.2, 0.25) is 11.6 Å². The summed E-state index contributed by atoms with van der Waals surface area (Å²) in [5.74, 6) is 0.574. The van der Waals surface area contributed by atoms with Crippen LogP contribution in [0.25, 0.3) is 22.1 Å². The van der Waals surface area contributed by atoms with Crippen LogP contribution in [0.15, 0.2) is 34.7 Å². The first-order valence-corrected chi connectivity index (χ1v) is 11.4. The number of rotatable bonds is 3. The van der Waals surface area contributed by atoms with Crippen LogP contribution in [0.3, 0.4) is 0 Å². The fourth-order valence-electron chi connectivity index (χ4n) is 5.36. The number of morpholine rings is 1. The second-order valence-electron chi connectivity index (χ2n) is 9.00. The molecule has 0 spiro atoms. The zero-order chi connectivity index (χ0) is 21.8. The number of nitrogens with zero attached hydrogens (tertiary/aromatic N) is 2. The Kier molecular flexibility index (Phi) is 4.75. The van der Waals surface area contributed by atoms with Crippen LogP contribution in [0.4, 0.5) is 0 Å². The Bertz CT molecular complexity index is 1250. The SMILES string of the molecule is Cc1cccc2c3c(ccc12)-c1oc2c(c1C(=O)C3=O)CCN(CCN1CCOCC1)C2. The van der Waals surface area contributed by atoms with Crippen molar-refractivity contribution in [1.82, 2.24) is 9.80 Å². The minimum absolute atomic E-state index is 0.415. The van der Waals surface area contributed by atoms with Gasteiger partial charge in [0.05, 0.1) is 25.3 Å². The van der Waals surface area contributed by atoms with Gasteiger partial charge in [-0.2, -0.15) is 0 Å². The molecule has 1 fully saturated rings. The van der Waals surface area contributed by atoms with Crippen molar-refractivity contribution in [3.8, 4) is 11.3 Å². The summed E-state index contributed by atoms with van der Waals surface area (Å²) in [7, 11) is 0. The Balaban J connectivity index is 1.35. The molecule has 0 bridgehead atoms. The van der Waals surface area contributed by atoms with E-state index >= 15 is 0 Å². The van der Waals surface area contributed by atoms with Crippen LogP contribution in [0.1, 0.15) is 37.6 Å². The third-order valence-electron chi connectivity index (χ3n) is 7.16. The minimum Gasteiger partial charge on any atom is -0.459 e. The number of carbonyl (C=O) groups excluding carboxylic acids is 2. The number of hydrogen-bond donors (Lipinski definition) is 0. The average Bonchev–Trinajstić information content (AvgIpc) is 3.20. The quantitative estimate of drug-likeness (QED) is 0.593. The molecule has 0 atom stereocenters. The summed E-state index contributed by atoms with van der Waals surface area (Å²) in [5, 5.41) is 1.83. The summed E-state index contributed by atoms with van der Waals surface area (Å²) < 4.78 is 11.8. The van der Waals surface area contributed by atoms with E-state index in [0.29, 0.717) is 23.4 Å². The van der Waals surface area contributed by atoms with Crippen molar-refractivity contribution in [2.24, 2.45) is 0 Å². The monoisotopic (exact) mass is 430 g/mol. The Morgan fingerprint density at radius 1 is 0.875 bits per heavy atom. The Morgan fingerprint density at radius 2 is 1.66 bits per heavy atom. The molecular weight excluding hydrogens is 404 g/mol. The van der Waals surface area contributed by atoms with Crippen molar-refractivity contribution in [2.45, 2.75) is 19.9 Å². The van der Waals surface area contributed by atoms with Crippen LogP contribution in [-0.2, 0) is 17.7 Å². The molecule has 1 aromatic heterocycles. The highest BCUT2D eigenvalue weighted by molar-refractivity contribution is 6.54. The number of ketones is 2. The molecule has 2 aliphatic heterocycles. The van der Waals surface area contributed by atoms with Crippen LogP contribution in [0.2, 0.25) is 0 Å². The van der Waals surface area contributed by atoms with Crippen LogP contribution < -0.4 is 0 Å². The lowest BCUT2D eigenvalue weighted by molar-refractivity contribution is 0.0322. The predicted octanol–water partition coefficient (Wildman–Crippen LogP) is 3.48. The number of carbonyl (C=O) groups is 2. The maximum absolute atomic E-state index is 13.2. The van der Waals surface area contributed by atoms with Gasteiger partial charge >= 0.3 is 0 Å². The second kappa shape index (κ2) is 7.66. The zero-order valence-electron chi connectivity index (χ0n) is 18.3. The van der Waals surface area contributed by atoms with Crippen molar-refractivity contribution in [1.29, 1.82) is 0 Å². The largest absolute Gasteiger partial charge is 0.459 e. The third kappa shape index (κ3) is 3.05. The molecule has 0 unspecified atom stereocenters. The molecule has 1 aliphatic carbocycles. The summed E-state index contributed by atoms with van der Waals surface area (Å²) in [4.78, 5) is 31.2. The van der Waals surface area contributed by atoms with Crippen LogP contribution in [-0.4, -0.2) is 67.3 Å². The van der Waals surface area contributed by atoms with Gasteiger partial charge in [0.1, 0.15) is 11.5 Å². The topological polar surface area (TPSA) is 63.0 Å². The molecule has 0 saturated carbocycles. The molecule has 3 aromatic rings. The van der Waals surface area contributed by atoms with Crippen molar-refractivity contribution in [2.75, 3.05) is 45.9 Å². The Morgan fingerprint density at radius 3 is 2.50 bits per heavy atom. The van der Waals surface area contributed by atoms with Crippen LogP contribution >= 0.6 is 0 Å². The number of benzene rings is 2. The average molecular weight is 431 g/mol. The summed E-state index contributed by atoms with van der Waals surface area (Å²) in [5.41, 5.74) is 3.75. The standard InChI is InChI=1S/C26H26N2O4/c1-16-3-2-4-18-17(16)5-6-20-22(18)24(29)25(30)23-19-7-8-28(15-21(19)32-26(20)23)10-9-27-11-13-31-14-12-27/h2-6H,7-15H2,1H3. The van der Waals surface area contributed by atoms with E-state index in [1.165, 1.54) is 0 Å². The Labute approximate surface area is 186 Å². The van der Waals surface area contributed by atoms with E-state index in [2.05, 4.69) is 9.80 Å². The highest BCUT2D eigenvalue weighted by atomic mass is 16.5. The maximum atomic E-state index is 13.2. The first kappa shape index (κ1) is 19.9. The van der Waals surface area contributed by atoms with Gasteiger partial charge in [-0.05, 0) is 35.7 Å². The van der Waals surface area contributed by atoms with Gasteiger partial charge in [0, 0.05) is 49.4 Å². The summed E-state index contributed by atoms with van der Waals surface area (Å²) >= 11 is 0. The van der Waals surface area contributed by atoms with E-state index in [1.54, 1.807) is 0 Å². The van der Waals surface area contributed by atoms with E-state index in [9.17, 15) is 9.59 Å². The molecule has 6 nitrogen and oxygen atoms in total. The molecule has 2 aromatic carbocycles. The molecule has 6 heteroatoms. The number of fused-ring (bicyclic) bond motifs is 7. The van der Waals surface area contributed by atoms with Gasteiger partial charge < -0.3 is 9.15 Å². The van der Waals surface area contributed by atoms with E-state index < -0.39 is 11.6 Å². The molecular formula is C26H26N2O4. The smallest absolute Gasteiger partial charge is 0.237 e. The van der Waals surface area contributed by atoms with Crippen molar-refractivity contribution >= 4 is 22.3 Å². The lowest BCUT2D eigenvalue weighted by atomic mass is 9.82. The van der Waals surface area contributed by atoms with Gasteiger partial charge in [-0.1, -0.05) is 24.3 Å². The number of aryl methyl sites for hydroxylation is 1. The summed E-state index contributed by atoms with van der Waals surface area (Å²) in [6.07, 6.45) is 0.734. The van der Waals surface area contributed by atoms with Gasteiger partial charge in [0.25, 0.3) is 0 Å². The lowest BCUT2D eigenvalue weighted by Gasteiger charge is -2.31. The minimum atomic E-state index is -0.423. The van der Waals surface area contributed by atoms with E-state index in [0.717, 1.165) is 85.6 Å². The molecule has 1 saturated heterocycles. The highest BCUT2D eigenvalue weighted by Crippen LogP contribution is 2.43. The van der Waals surface area contributed by atoms with Crippen LogP contribution in [0.5, 0.6) is 0 Å². The first-order valence-electron chi connectivity index (χ1n) is 11.4. The molecule has 0 amide bonds. The van der Waals surface area contributed by atoms with Crippen molar-refractivity contribution < 1.29 is 18.7 Å². The van der Waals surface area contributed by atoms with Gasteiger partial charge in [-0.3, -0.25) is 19.4 Å². The number of hydrogen-bond acceptors (Lipinski definition) is 6. The normalized spacial score (nSPS) is 19.2. The maximum Gasteiger partial charge on any atom is 0.237 e. The van der Waals surface area contributed by atoms with Crippen molar-refractivity contribution in [3.63, 3.8) is 0 Å². The van der Waals surface area contributed by atoms with Crippen molar-refractivity contribution in [3.05, 3.63) is 58.3 Å². The van der Waals surface area contributed by atoms with E-state index in [4.69, 9.17) is 9.15 Å². The van der Waals surface area contributed by atoms with E-state index in [1.807, 2.05) is 37.3 Å². The van der Waals surface area contributed by atoms with E-state index in [-0.39, 0.29) is 0 Å². The first-order chi connectivity index (χ1) is 15.6. The molecule has 164 valence electrons. The summed E-state index contributed by atoms with van der Waals surface area (Å²) in [6, 6.07) is 9.86. The highest BCUT2D eigenvalue weighted by Gasteiger charge is 2.39. The number of ether oxygens (including phenoxy) is 1. The predicted molar refractivity (Wildman–Crippen MR) is 121 cm³/mol. The fraction of sp³-hybridized carbons (Fsp3) is 0.385. The van der Waals surface area contributed by atoms with Crippen LogP contribution in [0, 0.1) is 6.92 Å². The molecule has 3 aliphatic rings. The van der Waals surface area contributed by atoms with Gasteiger partial charge in [-0.15, -0.1) is 0 Å². The molecule has 0 radical (unpaired) electrons. The molecule has 6 rings (SSSR count). The molecule has 0 N–H and O–H groups in total. The number of Topliss-reactive ketones (excluding diaryl/α,β-unsaturated/α-hetero) is 2. The number of furan rings is 1. The van der Waals surface area contributed by atoms with Gasteiger partial charge in [0.15, 0.2) is 0 Å². The lowest BCUT2D eigenvalue weighted by Crippen LogP contribution is -2.42. The second-order valence-corrected chi connectivity index (χ2v) is 9.00. The molecule has 32 heavy (non-hydrogen) atoms. The Hall–Kier alpha value is -2.80. The third-order valence-corrected chi connectivity index (χ3v) is 7.16. The van der Waals surface area contributed by atoms with Gasteiger partial charge in [-0.25, -0.2) is 0 Å².